The molecule has 0 aliphatic carbocycles. The van der Waals surface area contributed by atoms with Gasteiger partial charge in [-0.05, 0) is 50.0 Å². The van der Waals surface area contributed by atoms with Crippen LogP contribution in [0.5, 0.6) is 0 Å². The van der Waals surface area contributed by atoms with Crippen molar-refractivity contribution in [3.8, 4) is 0 Å². The minimum Gasteiger partial charge on any atom is -0.384 e. The standard InChI is InChI=1S/C15H24N2O3S.ClH/c1-16-11-14-7-9-17(12-14)21(18,19)15-5-3-13(4-6-15)8-10-20-2;/h3-6,14,16H,7-12H2,1-2H3;1H. The Morgan fingerprint density at radius 2 is 2.00 bits per heavy atom. The smallest absolute Gasteiger partial charge is 0.243 e. The molecule has 126 valence electrons. The molecule has 2 rings (SSSR count). The Kier molecular flexibility index (Phi) is 7.79. The molecule has 0 spiro atoms. The van der Waals surface area contributed by atoms with Crippen LogP contribution in [0, 0.1) is 5.92 Å². The number of hydrogen-bond acceptors (Lipinski definition) is 4. The van der Waals surface area contributed by atoms with Crippen molar-refractivity contribution in [1.29, 1.82) is 0 Å². The van der Waals surface area contributed by atoms with Gasteiger partial charge in [0.2, 0.25) is 10.0 Å². The van der Waals surface area contributed by atoms with E-state index in [1.807, 2.05) is 19.2 Å². The number of hydrogen-bond donors (Lipinski definition) is 1. The van der Waals surface area contributed by atoms with Gasteiger partial charge in [-0.2, -0.15) is 4.31 Å². The van der Waals surface area contributed by atoms with Gasteiger partial charge >= 0.3 is 0 Å². The second-order valence-electron chi connectivity index (χ2n) is 5.46. The second kappa shape index (κ2) is 8.84. The second-order valence-corrected chi connectivity index (χ2v) is 7.40. The number of halogens is 1. The Hall–Kier alpha value is -0.660. The van der Waals surface area contributed by atoms with Gasteiger partial charge in [-0.1, -0.05) is 12.1 Å². The van der Waals surface area contributed by atoms with E-state index in [1.54, 1.807) is 23.5 Å². The number of ether oxygens (including phenoxy) is 1. The summed E-state index contributed by atoms with van der Waals surface area (Å²) in [7, 11) is 0.206. The van der Waals surface area contributed by atoms with Gasteiger partial charge in [-0.15, -0.1) is 12.4 Å². The van der Waals surface area contributed by atoms with Crippen molar-refractivity contribution in [2.24, 2.45) is 5.92 Å². The zero-order valence-electron chi connectivity index (χ0n) is 13.1. The molecule has 1 aromatic rings. The number of sulfonamides is 1. The summed E-state index contributed by atoms with van der Waals surface area (Å²) >= 11 is 0. The van der Waals surface area contributed by atoms with Gasteiger partial charge in [0.25, 0.3) is 0 Å². The fraction of sp³-hybridized carbons (Fsp3) is 0.600. The largest absolute Gasteiger partial charge is 0.384 e. The lowest BCUT2D eigenvalue weighted by Crippen LogP contribution is -2.30. The van der Waals surface area contributed by atoms with Crippen molar-refractivity contribution in [1.82, 2.24) is 9.62 Å². The highest BCUT2D eigenvalue weighted by Crippen LogP contribution is 2.24. The van der Waals surface area contributed by atoms with Gasteiger partial charge in [-0.25, -0.2) is 8.42 Å². The zero-order chi connectivity index (χ0) is 15.3. The van der Waals surface area contributed by atoms with Crippen molar-refractivity contribution < 1.29 is 13.2 Å². The van der Waals surface area contributed by atoms with Crippen molar-refractivity contribution >= 4 is 22.4 Å². The molecule has 1 fully saturated rings. The molecule has 1 saturated heterocycles. The minimum atomic E-state index is -3.35. The van der Waals surface area contributed by atoms with Gasteiger partial charge < -0.3 is 10.1 Å². The van der Waals surface area contributed by atoms with E-state index in [0.717, 1.165) is 24.9 Å². The van der Waals surface area contributed by atoms with E-state index in [9.17, 15) is 8.42 Å². The first-order chi connectivity index (χ1) is 10.1. The maximum atomic E-state index is 12.6. The summed E-state index contributed by atoms with van der Waals surface area (Å²) in [6.45, 7) is 2.72. The Labute approximate surface area is 139 Å². The summed E-state index contributed by atoms with van der Waals surface area (Å²) in [5.74, 6) is 0.408. The molecule has 1 unspecified atom stereocenters. The third kappa shape index (κ3) is 4.67. The maximum Gasteiger partial charge on any atom is 0.243 e. The maximum absolute atomic E-state index is 12.6. The van der Waals surface area contributed by atoms with Gasteiger partial charge in [0.05, 0.1) is 11.5 Å². The predicted octanol–water partition coefficient (Wildman–Crippen LogP) is 1.53. The van der Waals surface area contributed by atoms with E-state index in [-0.39, 0.29) is 12.4 Å². The number of nitrogens with one attached hydrogen (secondary N) is 1. The van der Waals surface area contributed by atoms with Crippen molar-refractivity contribution in [2.45, 2.75) is 17.7 Å². The van der Waals surface area contributed by atoms with Crippen LogP contribution in [0.2, 0.25) is 0 Å². The molecular weight excluding hydrogens is 324 g/mol. The van der Waals surface area contributed by atoms with Gasteiger partial charge in [0.15, 0.2) is 0 Å². The molecule has 1 heterocycles. The average Bonchev–Trinajstić information content (AvgIpc) is 2.95. The summed E-state index contributed by atoms with van der Waals surface area (Å²) in [5, 5.41) is 3.12. The Bertz CT molecular complexity index is 548. The Morgan fingerprint density at radius 1 is 1.32 bits per heavy atom. The summed E-state index contributed by atoms with van der Waals surface area (Å²) in [5.41, 5.74) is 1.09. The highest BCUT2D eigenvalue weighted by Gasteiger charge is 2.31. The first-order valence-electron chi connectivity index (χ1n) is 7.30. The van der Waals surface area contributed by atoms with E-state index in [4.69, 9.17) is 4.74 Å². The molecule has 1 aliphatic rings. The van der Waals surface area contributed by atoms with Crippen LogP contribution in [-0.2, 0) is 21.2 Å². The van der Waals surface area contributed by atoms with Crippen molar-refractivity contribution in [3.05, 3.63) is 29.8 Å². The van der Waals surface area contributed by atoms with Gasteiger partial charge in [0.1, 0.15) is 0 Å². The van der Waals surface area contributed by atoms with Crippen LogP contribution in [-0.4, -0.2) is 53.1 Å². The molecule has 7 heteroatoms. The summed E-state index contributed by atoms with van der Waals surface area (Å²) in [4.78, 5) is 0.383. The van der Waals surface area contributed by atoms with E-state index in [1.165, 1.54) is 0 Å². The molecule has 0 saturated carbocycles. The molecule has 1 N–H and O–H groups in total. The van der Waals surface area contributed by atoms with E-state index >= 15 is 0 Å². The monoisotopic (exact) mass is 348 g/mol. The first-order valence-corrected chi connectivity index (χ1v) is 8.74. The van der Waals surface area contributed by atoms with E-state index < -0.39 is 10.0 Å². The molecule has 0 amide bonds. The highest BCUT2D eigenvalue weighted by atomic mass is 35.5. The average molecular weight is 349 g/mol. The molecule has 0 bridgehead atoms. The molecule has 5 nitrogen and oxygen atoms in total. The lowest BCUT2D eigenvalue weighted by atomic mass is 10.1. The summed E-state index contributed by atoms with van der Waals surface area (Å²) < 4.78 is 31.8. The Balaban J connectivity index is 0.00000242. The Morgan fingerprint density at radius 3 is 2.59 bits per heavy atom. The zero-order valence-corrected chi connectivity index (χ0v) is 14.8. The van der Waals surface area contributed by atoms with Crippen LogP contribution in [0.15, 0.2) is 29.2 Å². The van der Waals surface area contributed by atoms with Crippen molar-refractivity contribution in [2.75, 3.05) is 40.4 Å². The van der Waals surface area contributed by atoms with Crippen LogP contribution in [0.4, 0.5) is 0 Å². The molecule has 0 radical (unpaired) electrons. The van der Waals surface area contributed by atoms with Crippen LogP contribution in [0.3, 0.4) is 0 Å². The molecule has 1 atom stereocenters. The predicted molar refractivity (Wildman–Crippen MR) is 90.1 cm³/mol. The van der Waals surface area contributed by atoms with E-state index in [0.29, 0.717) is 30.5 Å². The number of methoxy groups -OCH3 is 1. The van der Waals surface area contributed by atoms with Crippen LogP contribution < -0.4 is 5.32 Å². The van der Waals surface area contributed by atoms with Crippen molar-refractivity contribution in [3.63, 3.8) is 0 Å². The lowest BCUT2D eigenvalue weighted by Gasteiger charge is -2.17. The van der Waals surface area contributed by atoms with Crippen LogP contribution >= 0.6 is 12.4 Å². The fourth-order valence-electron chi connectivity index (χ4n) is 2.67. The van der Waals surface area contributed by atoms with Crippen LogP contribution in [0.1, 0.15) is 12.0 Å². The molecule has 1 aliphatic heterocycles. The third-order valence-electron chi connectivity index (χ3n) is 3.90. The normalized spacial score (nSPS) is 19.1. The highest BCUT2D eigenvalue weighted by molar-refractivity contribution is 7.89. The van der Waals surface area contributed by atoms with Gasteiger partial charge in [-0.3, -0.25) is 0 Å². The topological polar surface area (TPSA) is 58.6 Å². The lowest BCUT2D eigenvalue weighted by molar-refractivity contribution is 0.202. The quantitative estimate of drug-likeness (QED) is 0.811. The minimum absolute atomic E-state index is 0. The fourth-order valence-corrected chi connectivity index (χ4v) is 4.20. The molecule has 0 aromatic heterocycles. The number of benzene rings is 1. The van der Waals surface area contributed by atoms with Gasteiger partial charge in [0, 0.05) is 20.2 Å². The molecule has 1 aromatic carbocycles. The number of nitrogens with zero attached hydrogens (tertiary/aromatic N) is 1. The first kappa shape index (κ1) is 19.4. The SMILES string of the molecule is CNCC1CCN(S(=O)(=O)c2ccc(CCOC)cc2)C1.Cl. The molecular formula is C15H25ClN2O3S. The summed E-state index contributed by atoms with van der Waals surface area (Å²) in [6, 6.07) is 7.14. The number of rotatable bonds is 7. The van der Waals surface area contributed by atoms with E-state index in [2.05, 4.69) is 5.32 Å². The third-order valence-corrected chi connectivity index (χ3v) is 5.78. The van der Waals surface area contributed by atoms with Crippen LogP contribution in [0.25, 0.3) is 0 Å². The molecule has 22 heavy (non-hydrogen) atoms. The summed E-state index contributed by atoms with van der Waals surface area (Å²) in [6.07, 6.45) is 1.72.